The van der Waals surface area contributed by atoms with Gasteiger partial charge in [-0.1, -0.05) is 82.1 Å². The minimum absolute atomic E-state index is 0. The molecule has 0 heterocycles. The zero-order valence-electron chi connectivity index (χ0n) is 31.8. The molecule has 2 rings (SSSR count). The second-order valence-electron chi connectivity index (χ2n) is 14.7. The summed E-state index contributed by atoms with van der Waals surface area (Å²) in [7, 11) is 0. The summed E-state index contributed by atoms with van der Waals surface area (Å²) in [5, 5.41) is 19.9. The number of carboxylic acids is 2. The zero-order chi connectivity index (χ0) is 33.7. The van der Waals surface area contributed by atoms with Crippen molar-refractivity contribution >= 4 is 23.9 Å². The summed E-state index contributed by atoms with van der Waals surface area (Å²) in [6.07, 6.45) is 8.30. The van der Waals surface area contributed by atoms with Gasteiger partial charge >= 0.3 is 77.0 Å². The maximum atomic E-state index is 12.5. The van der Waals surface area contributed by atoms with E-state index >= 15 is 0 Å². The van der Waals surface area contributed by atoms with Crippen molar-refractivity contribution in [1.29, 1.82) is 0 Å². The molecule has 2 N–H and O–H groups in total. The molecular formula is C36H64Na2O9. The van der Waals surface area contributed by atoms with Crippen LogP contribution in [-0.2, 0) is 28.7 Å². The van der Waals surface area contributed by atoms with Crippen LogP contribution in [-0.4, -0.2) is 46.7 Å². The average molecular weight is 687 g/mol. The van der Waals surface area contributed by atoms with Crippen molar-refractivity contribution in [3.63, 3.8) is 0 Å². The average Bonchev–Trinajstić information content (AvgIpc) is 2.94. The molecule has 0 aromatic rings. The Balaban J connectivity index is -0.000000774. The van der Waals surface area contributed by atoms with Crippen molar-refractivity contribution in [3.05, 3.63) is 0 Å². The summed E-state index contributed by atoms with van der Waals surface area (Å²) in [5.74, 6) is -1.18. The van der Waals surface area contributed by atoms with Crippen molar-refractivity contribution in [2.24, 2.45) is 59.2 Å². The number of hydrogen-bond donors (Lipinski definition) is 1. The number of carboxylic acid groups (broad SMARTS) is 2. The molecule has 11 heteroatoms. The van der Waals surface area contributed by atoms with Gasteiger partial charge in [-0.05, 0) is 92.8 Å². The van der Waals surface area contributed by atoms with E-state index in [1.54, 1.807) is 13.8 Å². The van der Waals surface area contributed by atoms with Gasteiger partial charge in [0.05, 0.1) is 17.8 Å². The number of esters is 2. The van der Waals surface area contributed by atoms with Gasteiger partial charge in [-0.2, -0.15) is 0 Å². The summed E-state index contributed by atoms with van der Waals surface area (Å²) in [6.45, 7) is 20.2. The molecule has 2 fully saturated rings. The van der Waals surface area contributed by atoms with E-state index in [0.717, 1.165) is 25.7 Å². The molecule has 0 radical (unpaired) electrons. The Bertz CT molecular complexity index is 841. The monoisotopic (exact) mass is 686 g/mol. The molecule has 10 atom stereocenters. The summed E-state index contributed by atoms with van der Waals surface area (Å²) in [5.41, 5.74) is 0. The molecule has 2 saturated carbocycles. The first kappa shape index (κ1) is 51.2. The van der Waals surface area contributed by atoms with Crippen LogP contribution in [0.25, 0.3) is 0 Å². The topological polar surface area (TPSA) is 160 Å². The Labute approximate surface area is 329 Å². The minimum Gasteiger partial charge on any atom is -0.870 e. The third-order valence-electron chi connectivity index (χ3n) is 10.2. The van der Waals surface area contributed by atoms with Crippen LogP contribution in [0.3, 0.4) is 0 Å². The first-order chi connectivity index (χ1) is 20.5. The van der Waals surface area contributed by atoms with Gasteiger partial charge in [0.25, 0.3) is 0 Å². The second kappa shape index (κ2) is 25.7. The van der Waals surface area contributed by atoms with Crippen molar-refractivity contribution in [2.75, 3.05) is 0 Å². The van der Waals surface area contributed by atoms with E-state index in [4.69, 9.17) is 14.6 Å². The van der Waals surface area contributed by atoms with E-state index in [9.17, 15) is 24.3 Å². The number of rotatable bonds is 14. The molecule has 0 saturated heterocycles. The van der Waals surface area contributed by atoms with Gasteiger partial charge in [0.1, 0.15) is 12.2 Å². The summed E-state index contributed by atoms with van der Waals surface area (Å²) < 4.78 is 11.7. The smallest absolute Gasteiger partial charge is 0.870 e. The molecule has 9 nitrogen and oxygen atoms in total. The first-order valence-corrected chi connectivity index (χ1v) is 17.4. The van der Waals surface area contributed by atoms with Crippen LogP contribution in [0.1, 0.15) is 133 Å². The van der Waals surface area contributed by atoms with Gasteiger partial charge in [0.2, 0.25) is 0 Å². The molecule has 0 spiro atoms. The largest absolute Gasteiger partial charge is 1.00 e. The van der Waals surface area contributed by atoms with Crippen LogP contribution in [0.15, 0.2) is 0 Å². The molecule has 264 valence electrons. The van der Waals surface area contributed by atoms with Gasteiger partial charge in [-0.3, -0.25) is 14.4 Å². The zero-order valence-corrected chi connectivity index (χ0v) is 35.8. The second-order valence-corrected chi connectivity index (χ2v) is 14.7. The van der Waals surface area contributed by atoms with Crippen LogP contribution >= 0.6 is 0 Å². The molecule has 47 heavy (non-hydrogen) atoms. The molecule has 0 aromatic carbocycles. The van der Waals surface area contributed by atoms with E-state index in [1.165, 1.54) is 12.8 Å². The fraction of sp³-hybridized carbons (Fsp3) is 0.889. The van der Waals surface area contributed by atoms with Crippen LogP contribution in [0.2, 0.25) is 0 Å². The molecule has 0 amide bonds. The van der Waals surface area contributed by atoms with Crippen molar-refractivity contribution in [3.8, 4) is 0 Å². The minimum atomic E-state index is -1.10. The quantitative estimate of drug-likeness (QED) is 0.206. The van der Waals surface area contributed by atoms with Gasteiger partial charge in [0.15, 0.2) is 0 Å². The fourth-order valence-electron chi connectivity index (χ4n) is 6.90. The summed E-state index contributed by atoms with van der Waals surface area (Å²) in [6, 6.07) is 0. The molecule has 0 aromatic heterocycles. The third kappa shape index (κ3) is 18.1. The fourth-order valence-corrected chi connectivity index (χ4v) is 6.90. The first-order valence-electron chi connectivity index (χ1n) is 17.4. The standard InChI is InChI=1S/2C18H32O4.2Na.H2O/c2*1-6-14(10-13(5)17(19)20)18(21)22-16-9-12(4)7-8-15(16)11(2)3;;;/h2*11-16H,6-10H2,1-5H3,(H,19,20);;;1H2/q;;2*+1;/p-2. The normalized spacial score (nSPS) is 26.4. The van der Waals surface area contributed by atoms with Gasteiger partial charge < -0.3 is 30.0 Å². The van der Waals surface area contributed by atoms with Gasteiger partial charge in [-0.15, -0.1) is 0 Å². The SMILES string of the molecule is CCC(CC(C)C(=O)O)C(=O)OC1CC(C)CCC1C(C)C.CCC(CC(C)C(=O)[O-])C(=O)OC1CC(C)CCC1C(C)C.[Na+].[Na+].[OH-]. The van der Waals surface area contributed by atoms with Gasteiger partial charge in [0, 0.05) is 5.97 Å². The van der Waals surface area contributed by atoms with Crippen LogP contribution < -0.4 is 64.2 Å². The Morgan fingerprint density at radius 2 is 1.02 bits per heavy atom. The number of hydrogen-bond acceptors (Lipinski definition) is 8. The molecule has 2 aliphatic rings. The Morgan fingerprint density at radius 3 is 1.30 bits per heavy atom. The van der Waals surface area contributed by atoms with Crippen LogP contribution in [0.5, 0.6) is 0 Å². The molecule has 10 unspecified atom stereocenters. The van der Waals surface area contributed by atoms with E-state index in [0.29, 0.717) is 61.2 Å². The van der Waals surface area contributed by atoms with Crippen molar-refractivity contribution in [2.45, 2.75) is 146 Å². The van der Waals surface area contributed by atoms with Gasteiger partial charge in [-0.25, -0.2) is 0 Å². The number of ether oxygens (including phenoxy) is 2. The van der Waals surface area contributed by atoms with Crippen molar-refractivity contribution < 1.29 is 103 Å². The molecular weight excluding hydrogens is 622 g/mol. The molecule has 0 aliphatic heterocycles. The van der Waals surface area contributed by atoms with E-state index in [-0.39, 0.29) is 101 Å². The van der Waals surface area contributed by atoms with E-state index in [1.807, 2.05) is 13.8 Å². The number of carbonyl (C=O) groups is 4. The summed E-state index contributed by atoms with van der Waals surface area (Å²) in [4.78, 5) is 46.8. The van der Waals surface area contributed by atoms with Crippen LogP contribution in [0.4, 0.5) is 0 Å². The van der Waals surface area contributed by atoms with Crippen LogP contribution in [0, 0.1) is 59.2 Å². The Kier molecular flexibility index (Phi) is 28.0. The maximum absolute atomic E-state index is 12.5. The maximum Gasteiger partial charge on any atom is 1.00 e. The van der Waals surface area contributed by atoms with E-state index in [2.05, 4.69) is 41.5 Å². The third-order valence-corrected chi connectivity index (χ3v) is 10.2. The molecule has 0 bridgehead atoms. The predicted octanol–water partition coefficient (Wildman–Crippen LogP) is 0.751. The summed E-state index contributed by atoms with van der Waals surface area (Å²) >= 11 is 0. The Morgan fingerprint density at radius 1 is 0.681 bits per heavy atom. The Hall–Kier alpha value is -0.160. The van der Waals surface area contributed by atoms with E-state index < -0.39 is 23.8 Å². The van der Waals surface area contributed by atoms with Crippen molar-refractivity contribution in [1.82, 2.24) is 0 Å². The number of carbonyl (C=O) groups excluding carboxylic acids is 3. The number of aliphatic carboxylic acids is 2. The molecule has 2 aliphatic carbocycles. The predicted molar refractivity (Wildman–Crippen MR) is 172 cm³/mol.